The number of rotatable bonds is 4. The van der Waals surface area contributed by atoms with E-state index in [2.05, 4.69) is 10.3 Å². The summed E-state index contributed by atoms with van der Waals surface area (Å²) >= 11 is 7.11. The molecule has 0 aromatic heterocycles. The number of hydrogen-bond acceptors (Lipinski definition) is 4. The molecule has 3 rings (SSSR count). The molecule has 132 valence electrons. The molecule has 26 heavy (non-hydrogen) atoms. The first-order valence-corrected chi connectivity index (χ1v) is 8.97. The first-order valence-electron chi connectivity index (χ1n) is 7.78. The van der Waals surface area contributed by atoms with Crippen LogP contribution in [-0.4, -0.2) is 17.0 Å². The number of halogens is 1. The molecule has 0 radical (unpaired) electrons. The van der Waals surface area contributed by atoms with Gasteiger partial charge in [-0.25, -0.2) is 0 Å². The molecule has 0 saturated heterocycles. The standard InChI is InChI=1S/C19H15ClN2O3S/c1-12(23)21-19-22-18(24)17(26-19)10-14-6-2-3-8-16(14)25-11-13-5-4-7-15(20)9-13/h2-10H,11H2,1H3,(H,21,22,23,24)/b17-10-. The van der Waals surface area contributed by atoms with Crippen molar-refractivity contribution in [2.45, 2.75) is 13.5 Å². The predicted molar refractivity (Wildman–Crippen MR) is 104 cm³/mol. The van der Waals surface area contributed by atoms with Crippen LogP contribution in [0.1, 0.15) is 18.1 Å². The molecule has 0 bridgehead atoms. The summed E-state index contributed by atoms with van der Waals surface area (Å²) in [6, 6.07) is 14.8. The number of nitrogens with zero attached hydrogens (tertiary/aromatic N) is 1. The lowest BCUT2D eigenvalue weighted by molar-refractivity contribution is -0.117. The van der Waals surface area contributed by atoms with Crippen LogP contribution in [0.3, 0.4) is 0 Å². The lowest BCUT2D eigenvalue weighted by Crippen LogP contribution is -2.23. The topological polar surface area (TPSA) is 67.8 Å². The van der Waals surface area contributed by atoms with E-state index >= 15 is 0 Å². The van der Waals surface area contributed by atoms with E-state index in [-0.39, 0.29) is 17.0 Å². The van der Waals surface area contributed by atoms with E-state index in [0.717, 1.165) is 22.9 Å². The molecule has 7 heteroatoms. The van der Waals surface area contributed by atoms with Crippen molar-refractivity contribution >= 4 is 46.4 Å². The molecule has 2 amide bonds. The average molecular weight is 387 g/mol. The Balaban J connectivity index is 1.75. The summed E-state index contributed by atoms with van der Waals surface area (Å²) in [6.07, 6.45) is 1.71. The molecule has 0 atom stereocenters. The van der Waals surface area contributed by atoms with Crippen LogP contribution in [0.15, 0.2) is 58.4 Å². The largest absolute Gasteiger partial charge is 0.488 e. The second-order valence-corrected chi connectivity index (χ2v) is 6.94. The van der Waals surface area contributed by atoms with Crippen molar-refractivity contribution in [3.8, 4) is 5.75 Å². The van der Waals surface area contributed by atoms with E-state index in [4.69, 9.17) is 16.3 Å². The molecular formula is C19H15ClN2O3S. The van der Waals surface area contributed by atoms with E-state index in [0.29, 0.717) is 22.3 Å². The van der Waals surface area contributed by atoms with Gasteiger partial charge in [-0.2, -0.15) is 4.99 Å². The Labute approximate surface area is 160 Å². The maximum absolute atomic E-state index is 12.0. The zero-order valence-electron chi connectivity index (χ0n) is 13.9. The predicted octanol–water partition coefficient (Wildman–Crippen LogP) is 4.03. The zero-order valence-corrected chi connectivity index (χ0v) is 15.4. The first kappa shape index (κ1) is 18.2. The van der Waals surface area contributed by atoms with E-state index in [1.807, 2.05) is 42.5 Å². The molecule has 5 nitrogen and oxygen atoms in total. The molecule has 0 aliphatic carbocycles. The van der Waals surface area contributed by atoms with Crippen LogP contribution in [0.4, 0.5) is 0 Å². The van der Waals surface area contributed by atoms with Crippen molar-refractivity contribution in [1.29, 1.82) is 0 Å². The summed E-state index contributed by atoms with van der Waals surface area (Å²) in [7, 11) is 0. The summed E-state index contributed by atoms with van der Waals surface area (Å²) < 4.78 is 5.88. The second kappa shape index (κ2) is 8.21. The molecule has 2 aromatic carbocycles. The fourth-order valence-corrected chi connectivity index (χ4v) is 3.34. The number of aliphatic imine (C=N–C) groups is 1. The van der Waals surface area contributed by atoms with Gasteiger partial charge in [0.1, 0.15) is 12.4 Å². The average Bonchev–Trinajstić information content (AvgIpc) is 2.92. The van der Waals surface area contributed by atoms with Crippen LogP contribution in [0.2, 0.25) is 5.02 Å². The third-order valence-electron chi connectivity index (χ3n) is 3.39. The van der Waals surface area contributed by atoms with Gasteiger partial charge < -0.3 is 10.1 Å². The summed E-state index contributed by atoms with van der Waals surface area (Å²) in [4.78, 5) is 27.4. The van der Waals surface area contributed by atoms with Gasteiger partial charge in [-0.1, -0.05) is 41.9 Å². The third-order valence-corrected chi connectivity index (χ3v) is 4.53. The van der Waals surface area contributed by atoms with Gasteiger partial charge in [-0.15, -0.1) is 0 Å². The summed E-state index contributed by atoms with van der Waals surface area (Å²) in [6.45, 7) is 1.73. The van der Waals surface area contributed by atoms with Crippen LogP contribution in [0.25, 0.3) is 6.08 Å². The lowest BCUT2D eigenvalue weighted by atomic mass is 10.2. The smallest absolute Gasteiger partial charge is 0.286 e. The van der Waals surface area contributed by atoms with Gasteiger partial charge in [0.25, 0.3) is 5.91 Å². The SMILES string of the molecule is CC(=O)NC1=NC(=O)/C(=C/c2ccccc2OCc2cccc(Cl)c2)S1. The number of para-hydroxylation sites is 1. The summed E-state index contributed by atoms with van der Waals surface area (Å²) in [5.74, 6) is -0.0136. The van der Waals surface area contributed by atoms with Gasteiger partial charge in [0, 0.05) is 17.5 Å². The van der Waals surface area contributed by atoms with Gasteiger partial charge in [0.2, 0.25) is 5.91 Å². The van der Waals surface area contributed by atoms with E-state index in [1.54, 1.807) is 12.1 Å². The molecule has 2 aromatic rings. The highest BCUT2D eigenvalue weighted by atomic mass is 35.5. The number of amidine groups is 1. The van der Waals surface area contributed by atoms with Gasteiger partial charge in [0.05, 0.1) is 4.91 Å². The van der Waals surface area contributed by atoms with Gasteiger partial charge >= 0.3 is 0 Å². The highest BCUT2D eigenvalue weighted by Gasteiger charge is 2.22. The normalized spacial score (nSPS) is 15.1. The Morgan fingerprint density at radius 1 is 1.27 bits per heavy atom. The highest BCUT2D eigenvalue weighted by Crippen LogP contribution is 2.30. The van der Waals surface area contributed by atoms with Crippen LogP contribution < -0.4 is 10.1 Å². The number of ether oxygens (including phenoxy) is 1. The highest BCUT2D eigenvalue weighted by molar-refractivity contribution is 8.18. The Morgan fingerprint density at radius 2 is 2.08 bits per heavy atom. The number of thioether (sulfide) groups is 1. The van der Waals surface area contributed by atoms with Crippen LogP contribution in [-0.2, 0) is 16.2 Å². The first-order chi connectivity index (χ1) is 12.5. The Kier molecular flexibility index (Phi) is 5.75. The van der Waals surface area contributed by atoms with E-state index in [1.165, 1.54) is 6.92 Å². The summed E-state index contributed by atoms with van der Waals surface area (Å²) in [5.41, 5.74) is 1.70. The molecule has 1 aliphatic rings. The molecule has 1 aliphatic heterocycles. The molecule has 1 N–H and O–H groups in total. The van der Waals surface area contributed by atoms with Crippen molar-refractivity contribution in [3.05, 3.63) is 69.6 Å². The molecular weight excluding hydrogens is 372 g/mol. The monoisotopic (exact) mass is 386 g/mol. The maximum atomic E-state index is 12.0. The fourth-order valence-electron chi connectivity index (χ4n) is 2.27. The van der Waals surface area contributed by atoms with Crippen LogP contribution >= 0.6 is 23.4 Å². The van der Waals surface area contributed by atoms with Crippen molar-refractivity contribution in [1.82, 2.24) is 5.32 Å². The zero-order chi connectivity index (χ0) is 18.5. The van der Waals surface area contributed by atoms with Crippen LogP contribution in [0, 0.1) is 0 Å². The van der Waals surface area contributed by atoms with Crippen molar-refractivity contribution < 1.29 is 14.3 Å². The number of carbonyl (C=O) groups excluding carboxylic acids is 2. The molecule has 0 fully saturated rings. The van der Waals surface area contributed by atoms with Crippen molar-refractivity contribution in [2.75, 3.05) is 0 Å². The number of nitrogens with one attached hydrogen (secondary N) is 1. The van der Waals surface area contributed by atoms with Crippen LogP contribution in [0.5, 0.6) is 5.75 Å². The number of hydrogen-bond donors (Lipinski definition) is 1. The number of amides is 2. The summed E-state index contributed by atoms with van der Waals surface area (Å²) in [5, 5.41) is 3.46. The number of carbonyl (C=O) groups is 2. The fraction of sp³-hybridized carbons (Fsp3) is 0.105. The minimum absolute atomic E-state index is 0.268. The molecule has 0 spiro atoms. The van der Waals surface area contributed by atoms with Gasteiger partial charge in [0.15, 0.2) is 5.17 Å². The van der Waals surface area contributed by atoms with Crippen molar-refractivity contribution in [3.63, 3.8) is 0 Å². The van der Waals surface area contributed by atoms with E-state index in [9.17, 15) is 9.59 Å². The second-order valence-electron chi connectivity index (χ2n) is 5.47. The van der Waals surface area contributed by atoms with Gasteiger partial charge in [-0.3, -0.25) is 9.59 Å². The number of benzene rings is 2. The lowest BCUT2D eigenvalue weighted by Gasteiger charge is -2.10. The molecule has 0 unspecified atom stereocenters. The minimum Gasteiger partial charge on any atom is -0.488 e. The third kappa shape index (κ3) is 4.74. The Hall–Kier alpha value is -2.57. The van der Waals surface area contributed by atoms with E-state index < -0.39 is 0 Å². The minimum atomic E-state index is -0.386. The maximum Gasteiger partial charge on any atom is 0.286 e. The molecule has 0 saturated carbocycles. The van der Waals surface area contributed by atoms with Crippen molar-refractivity contribution in [2.24, 2.45) is 4.99 Å². The Bertz CT molecular complexity index is 925. The molecule has 1 heterocycles. The Morgan fingerprint density at radius 3 is 2.85 bits per heavy atom. The quantitative estimate of drug-likeness (QED) is 0.805. The van der Waals surface area contributed by atoms with Gasteiger partial charge in [-0.05, 0) is 41.6 Å².